The summed E-state index contributed by atoms with van der Waals surface area (Å²) in [6, 6.07) is 0. The molecule has 76 valence electrons. The van der Waals surface area contributed by atoms with Crippen LogP contribution >= 0.6 is 0 Å². The van der Waals surface area contributed by atoms with Crippen LogP contribution in [-0.2, 0) is 9.53 Å². The fraction of sp³-hybridized carbons (Fsp3) is 0.833. The highest BCUT2D eigenvalue weighted by molar-refractivity contribution is 5.73. The SMILES string of the molecule is O=C(O)[C@H]1O[C@H](O)[C@H](F)[C@@H](O)[C@@H]1O. The van der Waals surface area contributed by atoms with E-state index in [-0.39, 0.29) is 0 Å². The Balaban J connectivity index is 2.76. The van der Waals surface area contributed by atoms with Crippen molar-refractivity contribution in [3.63, 3.8) is 0 Å². The molecule has 1 saturated heterocycles. The Morgan fingerprint density at radius 3 is 2.23 bits per heavy atom. The number of carbonyl (C=O) groups is 1. The molecule has 1 aliphatic heterocycles. The molecule has 0 aromatic carbocycles. The normalized spacial score (nSPS) is 46.0. The van der Waals surface area contributed by atoms with Crippen LogP contribution in [0, 0.1) is 0 Å². The molecule has 13 heavy (non-hydrogen) atoms. The average Bonchev–Trinajstić information content (AvgIpc) is 2.07. The monoisotopic (exact) mass is 196 g/mol. The first kappa shape index (κ1) is 10.3. The summed E-state index contributed by atoms with van der Waals surface area (Å²) in [5.41, 5.74) is 0. The van der Waals surface area contributed by atoms with Crippen molar-refractivity contribution < 1.29 is 34.3 Å². The van der Waals surface area contributed by atoms with Crippen LogP contribution < -0.4 is 0 Å². The summed E-state index contributed by atoms with van der Waals surface area (Å²) in [6.45, 7) is 0. The molecule has 0 spiro atoms. The number of aliphatic hydroxyl groups is 3. The van der Waals surface area contributed by atoms with E-state index in [1.807, 2.05) is 0 Å². The summed E-state index contributed by atoms with van der Waals surface area (Å²) < 4.78 is 16.9. The second-order valence-electron chi connectivity index (χ2n) is 2.71. The van der Waals surface area contributed by atoms with Gasteiger partial charge in [-0.25, -0.2) is 9.18 Å². The Labute approximate surface area is 72.2 Å². The lowest BCUT2D eigenvalue weighted by atomic mass is 10.0. The van der Waals surface area contributed by atoms with E-state index in [0.29, 0.717) is 0 Å². The first-order chi connectivity index (χ1) is 5.95. The molecule has 0 aliphatic carbocycles. The zero-order valence-electron chi connectivity index (χ0n) is 6.37. The average molecular weight is 196 g/mol. The first-order valence-electron chi connectivity index (χ1n) is 3.51. The molecule has 1 aliphatic rings. The van der Waals surface area contributed by atoms with Gasteiger partial charge >= 0.3 is 5.97 Å². The van der Waals surface area contributed by atoms with Crippen LogP contribution in [0.5, 0.6) is 0 Å². The Bertz CT molecular complexity index is 209. The van der Waals surface area contributed by atoms with Crippen LogP contribution in [0.4, 0.5) is 4.39 Å². The molecular weight excluding hydrogens is 187 g/mol. The summed E-state index contributed by atoms with van der Waals surface area (Å²) in [7, 11) is 0. The van der Waals surface area contributed by atoms with Crippen molar-refractivity contribution in [3.05, 3.63) is 0 Å². The van der Waals surface area contributed by atoms with Crippen LogP contribution in [-0.4, -0.2) is 57.2 Å². The lowest BCUT2D eigenvalue weighted by Gasteiger charge is -2.34. The predicted molar refractivity (Wildman–Crippen MR) is 35.4 cm³/mol. The molecule has 1 heterocycles. The third-order valence-corrected chi connectivity index (χ3v) is 1.79. The molecule has 0 unspecified atom stereocenters. The van der Waals surface area contributed by atoms with E-state index >= 15 is 0 Å². The van der Waals surface area contributed by atoms with E-state index in [1.165, 1.54) is 0 Å². The smallest absolute Gasteiger partial charge is 0.335 e. The molecule has 0 bridgehead atoms. The van der Waals surface area contributed by atoms with Gasteiger partial charge in [-0.05, 0) is 0 Å². The van der Waals surface area contributed by atoms with Gasteiger partial charge in [0.15, 0.2) is 18.6 Å². The minimum atomic E-state index is -2.20. The highest BCUT2D eigenvalue weighted by Gasteiger charge is 2.47. The van der Waals surface area contributed by atoms with Gasteiger partial charge in [0.25, 0.3) is 0 Å². The maximum absolute atomic E-state index is 12.7. The number of alkyl halides is 1. The molecule has 0 saturated carbocycles. The number of carboxylic acids is 1. The van der Waals surface area contributed by atoms with Gasteiger partial charge in [0.2, 0.25) is 0 Å². The van der Waals surface area contributed by atoms with Gasteiger partial charge in [0.1, 0.15) is 12.2 Å². The van der Waals surface area contributed by atoms with E-state index in [9.17, 15) is 9.18 Å². The summed E-state index contributed by atoms with van der Waals surface area (Å²) in [4.78, 5) is 10.3. The van der Waals surface area contributed by atoms with Crippen molar-refractivity contribution >= 4 is 5.97 Å². The molecule has 0 aromatic rings. The predicted octanol–water partition coefficient (Wildman–Crippen LogP) is -2.15. The van der Waals surface area contributed by atoms with Crippen LogP contribution in [0.15, 0.2) is 0 Å². The third kappa shape index (κ3) is 1.78. The standard InChI is InChI=1S/C6H9FO6/c7-1-2(8)3(9)4(5(10)11)13-6(1)12/h1-4,6,8-9,12H,(H,10,11)/t1-,2-,3+,4+,6+/m1/s1. The lowest BCUT2D eigenvalue weighted by molar-refractivity contribution is -0.265. The van der Waals surface area contributed by atoms with Gasteiger partial charge in [-0.3, -0.25) is 0 Å². The van der Waals surface area contributed by atoms with Crippen molar-refractivity contribution in [2.24, 2.45) is 0 Å². The van der Waals surface area contributed by atoms with Crippen LogP contribution in [0.2, 0.25) is 0 Å². The molecule has 0 radical (unpaired) electrons. The molecule has 1 rings (SSSR count). The summed E-state index contributed by atoms with van der Waals surface area (Å²) in [5, 5.41) is 35.1. The van der Waals surface area contributed by atoms with Crippen LogP contribution in [0.1, 0.15) is 0 Å². The van der Waals surface area contributed by atoms with Gasteiger partial charge in [-0.1, -0.05) is 0 Å². The highest BCUT2D eigenvalue weighted by Crippen LogP contribution is 2.22. The molecule has 5 atom stereocenters. The maximum atomic E-state index is 12.7. The molecule has 0 aromatic heterocycles. The highest BCUT2D eigenvalue weighted by atomic mass is 19.1. The second kappa shape index (κ2) is 3.54. The summed E-state index contributed by atoms with van der Waals surface area (Å²) in [6.07, 6.45) is -9.87. The number of carboxylic acid groups (broad SMARTS) is 1. The first-order valence-corrected chi connectivity index (χ1v) is 3.51. The molecular formula is C6H9FO6. The zero-order chi connectivity index (χ0) is 10.2. The molecule has 1 fully saturated rings. The molecule has 4 N–H and O–H groups in total. The Kier molecular flexibility index (Phi) is 2.81. The van der Waals surface area contributed by atoms with Gasteiger partial charge in [-0.15, -0.1) is 0 Å². The molecule has 0 amide bonds. The van der Waals surface area contributed by atoms with Crippen molar-refractivity contribution in [2.45, 2.75) is 30.8 Å². The lowest BCUT2D eigenvalue weighted by Crippen LogP contribution is -2.58. The Hall–Kier alpha value is -0.760. The topological polar surface area (TPSA) is 107 Å². The zero-order valence-corrected chi connectivity index (χ0v) is 6.37. The van der Waals surface area contributed by atoms with E-state index in [0.717, 1.165) is 0 Å². The largest absolute Gasteiger partial charge is 0.479 e. The van der Waals surface area contributed by atoms with Crippen molar-refractivity contribution in [2.75, 3.05) is 0 Å². The van der Waals surface area contributed by atoms with Gasteiger partial charge < -0.3 is 25.2 Å². The fourth-order valence-electron chi connectivity index (χ4n) is 1.05. The van der Waals surface area contributed by atoms with Gasteiger partial charge in [-0.2, -0.15) is 0 Å². The quantitative estimate of drug-likeness (QED) is 0.381. The Morgan fingerprint density at radius 1 is 1.23 bits per heavy atom. The number of rotatable bonds is 1. The van der Waals surface area contributed by atoms with E-state index < -0.39 is 36.7 Å². The summed E-state index contributed by atoms with van der Waals surface area (Å²) >= 11 is 0. The van der Waals surface area contributed by atoms with E-state index in [1.54, 1.807) is 0 Å². The van der Waals surface area contributed by atoms with Crippen LogP contribution in [0.25, 0.3) is 0 Å². The number of hydrogen-bond acceptors (Lipinski definition) is 5. The minimum absolute atomic E-state index is 1.57. The van der Waals surface area contributed by atoms with Gasteiger partial charge in [0, 0.05) is 0 Å². The second-order valence-corrected chi connectivity index (χ2v) is 2.71. The summed E-state index contributed by atoms with van der Waals surface area (Å²) in [5.74, 6) is -1.57. The number of halogens is 1. The van der Waals surface area contributed by atoms with E-state index in [2.05, 4.69) is 4.74 Å². The molecule has 7 heteroatoms. The number of aliphatic hydroxyl groups excluding tert-OH is 3. The fourth-order valence-corrected chi connectivity index (χ4v) is 1.05. The van der Waals surface area contributed by atoms with Crippen molar-refractivity contribution in [3.8, 4) is 0 Å². The van der Waals surface area contributed by atoms with E-state index in [4.69, 9.17) is 20.4 Å². The minimum Gasteiger partial charge on any atom is -0.479 e. The van der Waals surface area contributed by atoms with Crippen LogP contribution in [0.3, 0.4) is 0 Å². The van der Waals surface area contributed by atoms with Crippen molar-refractivity contribution in [1.29, 1.82) is 0 Å². The van der Waals surface area contributed by atoms with Gasteiger partial charge in [0.05, 0.1) is 0 Å². The Morgan fingerprint density at radius 2 is 1.77 bits per heavy atom. The number of hydrogen-bond donors (Lipinski definition) is 4. The van der Waals surface area contributed by atoms with Crippen molar-refractivity contribution in [1.82, 2.24) is 0 Å². The maximum Gasteiger partial charge on any atom is 0.335 e. The number of aliphatic carboxylic acids is 1. The molecule has 6 nitrogen and oxygen atoms in total. The third-order valence-electron chi connectivity index (χ3n) is 1.79. The number of ether oxygens (including phenoxy) is 1.